The molecule has 0 unspecified atom stereocenters. The number of aliphatic carboxylic acids is 1. The number of nitrogens with one attached hydrogen (secondary N) is 1. The van der Waals surface area contributed by atoms with Crippen LogP contribution in [0.15, 0.2) is 132 Å². The van der Waals surface area contributed by atoms with Crippen molar-refractivity contribution in [2.45, 2.75) is 175 Å². The van der Waals surface area contributed by atoms with Crippen molar-refractivity contribution >= 4 is 120 Å². The molecule has 4 aromatic carbocycles. The molecule has 41 heteroatoms. The summed E-state index contributed by atoms with van der Waals surface area (Å²) in [6.07, 6.45) is 3.03. The number of hydrogen-bond donors (Lipinski definition) is 4. The molecule has 0 aliphatic heterocycles. The van der Waals surface area contributed by atoms with Gasteiger partial charge < -0.3 is 64.5 Å². The van der Waals surface area contributed by atoms with Crippen LogP contribution in [0.2, 0.25) is 0 Å². The summed E-state index contributed by atoms with van der Waals surface area (Å²) in [7, 11) is -6.01. The second-order valence-electron chi connectivity index (χ2n) is 27.1. The van der Waals surface area contributed by atoms with Crippen molar-refractivity contribution in [1.29, 1.82) is 10.5 Å². The van der Waals surface area contributed by atoms with Gasteiger partial charge in [0, 0.05) is 45.6 Å². The molecule has 11 aromatic rings. The third-order valence-corrected chi connectivity index (χ3v) is 17.3. The van der Waals surface area contributed by atoms with Gasteiger partial charge in [-0.1, -0.05) is 104 Å². The van der Waals surface area contributed by atoms with Crippen LogP contribution in [0, 0.1) is 60.1 Å². The van der Waals surface area contributed by atoms with Crippen LogP contribution < -0.4 is 74.6 Å². The van der Waals surface area contributed by atoms with Crippen molar-refractivity contribution in [3.8, 4) is 40.8 Å². The second kappa shape index (κ2) is 59.6. The number of aromatic nitrogens is 11. The number of carboxylic acids is 1. The predicted molar refractivity (Wildman–Crippen MR) is 480 cm³/mol. The number of nitriles is 2. The summed E-state index contributed by atoms with van der Waals surface area (Å²) in [5, 5.41) is 49.8. The third kappa shape index (κ3) is 36.6. The van der Waals surface area contributed by atoms with E-state index in [9.17, 15) is 50.4 Å². The Kier molecular flexibility index (Phi) is 56.7. The monoisotopic (exact) mass is 1950 g/mol. The van der Waals surface area contributed by atoms with E-state index in [0.29, 0.717) is 52.0 Å². The van der Waals surface area contributed by atoms with Gasteiger partial charge in [0.1, 0.15) is 15.2 Å². The zero-order valence-electron chi connectivity index (χ0n) is 75.9. The molecule has 7 N–H and O–H groups in total. The van der Waals surface area contributed by atoms with Gasteiger partial charge in [0.2, 0.25) is 17.4 Å². The molecule has 0 saturated carbocycles. The molecule has 0 saturated heterocycles. The first-order valence-electron chi connectivity index (χ1n) is 38.6. The number of ether oxygens (including phenoxy) is 5. The molecular formula is C87H108ClF3IN14Na2O19S-. The summed E-state index contributed by atoms with van der Waals surface area (Å²) >= 11 is 2.12. The number of aliphatic hydroxyl groups excluding tert-OH is 1. The van der Waals surface area contributed by atoms with Crippen LogP contribution in [0.4, 0.5) is 19.0 Å². The van der Waals surface area contributed by atoms with E-state index in [1.165, 1.54) is 30.2 Å². The largest absolute Gasteiger partial charge is 1.00 e. The van der Waals surface area contributed by atoms with Crippen LogP contribution in [0.5, 0.6) is 5.88 Å². The normalized spacial score (nSPS) is 10.2. The first kappa shape index (κ1) is 122. The number of nitrogens with zero attached hydrogens (tertiary/aromatic N) is 12. The average Bonchev–Trinajstić information content (AvgIpc) is 1.58. The number of pyridine rings is 3. The number of nitrogens with two attached hydrogens (primary N) is 1. The predicted octanol–water partition coefficient (Wildman–Crippen LogP) is 10.8. The van der Waals surface area contributed by atoms with Gasteiger partial charge in [0.05, 0.1) is 124 Å². The third-order valence-electron chi connectivity index (χ3n) is 15.8. The van der Waals surface area contributed by atoms with Gasteiger partial charge in [-0.25, -0.2) is 38.1 Å². The van der Waals surface area contributed by atoms with E-state index >= 15 is 0 Å². The zero-order valence-corrected chi connectivity index (χ0v) is 83.7. The Morgan fingerprint density at radius 2 is 0.891 bits per heavy atom. The standard InChI is InChI=1S/C20H20F3N3O5S.C19H20IN3O2.C19H21N3O3.C13H17N3.C8H11O4.2C2H3N.C2H4O2.C2H6O.ClH.2Na.2H2O/c1-5-30-19(27)14-10-15(31-32(28,29)20(21,22)23)24-18-16(14)17(11(2)3)25-26(18)13-8-6-7-12(4)9-13;1-5-25-19(24)14-10-15(20)21-18-16(14)17(11(2)3)22-23(18)13-8-6-7-12(4)9-13;1-5-25-19(24)14-10-15(23)20-18-16(14)17(11(2)3)21-22(18)13-8-6-7-12(4)9-13;1-9(2)12-8-13(14)16(15-12)11-6-4-5-10(3)7-11;1-3-11-7(9)5-6-8(10)12-4-2;2*1-2-3;1-2(3)4;1-2-3;;;;;/h6-11H,5H2,1-4H3;6-11H,5H2,1-4H3;6-11H,5H2,1-4H3,(H,20,23);4-9H,14H2,1-3H3;5H,3-4H2,1-2H3;2*1H3;1H3,(H,3,4);3H,2H2,1H3;1H;;;2*1H2/q;;;;-1;;;;;;2*+1;;/p-2. The molecule has 7 heterocycles. The minimum absolute atomic E-state index is 0. The number of carbonyl (C=O) groups is 6. The van der Waals surface area contributed by atoms with Crippen LogP contribution in [0.25, 0.3) is 55.8 Å². The van der Waals surface area contributed by atoms with Crippen molar-refractivity contribution in [3.05, 3.63) is 209 Å². The van der Waals surface area contributed by atoms with E-state index < -0.39 is 51.4 Å². The number of halogens is 5. The fraction of sp³-hybridized carbons (Fsp3) is 0.368. The number of aromatic amines is 1. The number of alkyl halides is 3. The molecule has 7 aromatic heterocycles. The van der Waals surface area contributed by atoms with Gasteiger partial charge in [-0.2, -0.15) is 63.6 Å². The number of hydrogen-bond acceptors (Lipinski definition) is 27. The smallest absolute Gasteiger partial charge is 0.870 e. The maximum Gasteiger partial charge on any atom is 1.00 e. The first-order chi connectivity index (χ1) is 57.9. The van der Waals surface area contributed by atoms with Crippen molar-refractivity contribution in [1.82, 2.24) is 54.1 Å². The maximum atomic E-state index is 12.9. The van der Waals surface area contributed by atoms with Crippen LogP contribution in [0.3, 0.4) is 0 Å². The number of fused-ring (bicyclic) bond motifs is 3. The molecule has 0 bridgehead atoms. The Morgan fingerprint density at radius 3 is 1.23 bits per heavy atom. The average molecular weight is 1950 g/mol. The number of rotatable bonds is 20. The van der Waals surface area contributed by atoms with Crippen molar-refractivity contribution in [2.24, 2.45) is 0 Å². The van der Waals surface area contributed by atoms with E-state index in [1.54, 1.807) is 87.3 Å². The van der Waals surface area contributed by atoms with E-state index in [1.807, 2.05) is 120 Å². The van der Waals surface area contributed by atoms with Gasteiger partial charge in [0.15, 0.2) is 17.3 Å². The SMILES string of the molecule is CC#N.CC#N.CC(=O)O.CCO.CCOC(=O)[C-]=CC(=O)OCC.CCOC(=O)c1cc(=O)[nH]c2c1c(C(C)C)nn2-c1cccc(C)c1.CCOC(=O)c1cc(I)nc2c1c(C(C)C)nn2-c1cccc(C)c1.CCOC(=O)c1cc(OS(=O)(=O)C(F)(F)F)nc2c1c(C(C)C)nn2-c1cccc(C)c1.Cc1cccc(-n2nc(C(C)C)cc2N)c1.Cl.[Na+].[Na+].[OH-].[OH-]. The van der Waals surface area contributed by atoms with Crippen LogP contribution in [-0.4, -0.2) is 165 Å². The number of H-pyrrole nitrogens is 1. The first-order valence-corrected chi connectivity index (χ1v) is 41.1. The molecule has 0 spiro atoms. The van der Waals surface area contributed by atoms with Crippen molar-refractivity contribution in [2.75, 3.05) is 45.4 Å². The number of benzene rings is 4. The number of aryl methyl sites for hydroxylation is 4. The fourth-order valence-corrected chi connectivity index (χ4v) is 11.8. The molecule has 0 aliphatic carbocycles. The molecule has 0 aliphatic rings. The summed E-state index contributed by atoms with van der Waals surface area (Å²) in [5.74, 6) is -3.62. The van der Waals surface area contributed by atoms with Gasteiger partial charge in [-0.3, -0.25) is 14.4 Å². The van der Waals surface area contributed by atoms with E-state index in [-0.39, 0.29) is 167 Å². The minimum atomic E-state index is -6.01. The van der Waals surface area contributed by atoms with E-state index in [2.05, 4.69) is 125 Å². The molecule has 0 atom stereocenters. The van der Waals surface area contributed by atoms with Crippen molar-refractivity contribution in [3.63, 3.8) is 0 Å². The minimum Gasteiger partial charge on any atom is -0.870 e. The molecule has 33 nitrogen and oxygen atoms in total. The molecule has 0 radical (unpaired) electrons. The Balaban J connectivity index is -0.00000150. The molecule has 684 valence electrons. The van der Waals surface area contributed by atoms with Crippen LogP contribution in [0.1, 0.15) is 217 Å². The summed E-state index contributed by atoms with van der Waals surface area (Å²) in [6, 6.07) is 40.4. The second-order valence-corrected chi connectivity index (χ2v) is 29.8. The number of carbonyl (C=O) groups excluding carboxylic acids is 5. The van der Waals surface area contributed by atoms with Gasteiger partial charge >= 0.3 is 92.6 Å². The summed E-state index contributed by atoms with van der Waals surface area (Å²) < 4.78 is 97.7. The van der Waals surface area contributed by atoms with Crippen LogP contribution >= 0.6 is 35.0 Å². The van der Waals surface area contributed by atoms with Crippen LogP contribution in [-0.2, 0) is 48.2 Å². The number of carboxylic acid groups (broad SMARTS) is 1. The number of anilines is 1. The zero-order chi connectivity index (χ0) is 92.9. The summed E-state index contributed by atoms with van der Waals surface area (Å²) in [4.78, 5) is 91.3. The summed E-state index contributed by atoms with van der Waals surface area (Å²) in [5.41, 5.74) is 12.3. The van der Waals surface area contributed by atoms with Gasteiger partial charge in [-0.05, 0) is 192 Å². The molecule has 0 amide bonds. The molecule has 11 rings (SSSR count). The number of aliphatic hydroxyl groups is 1. The fourth-order valence-electron chi connectivity index (χ4n) is 10.9. The van der Waals surface area contributed by atoms with E-state index in [4.69, 9.17) is 50.6 Å². The van der Waals surface area contributed by atoms with Crippen molar-refractivity contribution < 1.29 is 159 Å². The number of esters is 5. The Labute approximate surface area is 806 Å². The topological polar surface area (TPSA) is 496 Å². The van der Waals surface area contributed by atoms with Gasteiger partial charge in [-0.15, -0.1) is 18.5 Å². The van der Waals surface area contributed by atoms with Gasteiger partial charge in [0.25, 0.3) is 5.97 Å². The molecule has 128 heavy (non-hydrogen) atoms. The Morgan fingerprint density at radius 1 is 0.555 bits per heavy atom. The van der Waals surface area contributed by atoms with E-state index in [0.717, 1.165) is 79.0 Å². The number of nitrogen functional groups attached to an aromatic ring is 1. The molecule has 0 fully saturated rings. The quantitative estimate of drug-likeness (QED) is 0.00633. The Hall–Kier alpha value is -10.5. The Bertz CT molecular complexity index is 5710. The summed E-state index contributed by atoms with van der Waals surface area (Å²) in [6.45, 7) is 39.4. The maximum absolute atomic E-state index is 12.9. The molecular weight excluding hydrogens is 1840 g/mol.